The van der Waals surface area contributed by atoms with Crippen molar-refractivity contribution < 1.29 is 13.9 Å². The van der Waals surface area contributed by atoms with E-state index in [1.807, 2.05) is 6.07 Å². The number of benzene rings is 3. The zero-order valence-corrected chi connectivity index (χ0v) is 17.6. The summed E-state index contributed by atoms with van der Waals surface area (Å²) in [7, 11) is 1.45. The van der Waals surface area contributed by atoms with Crippen molar-refractivity contribution in [3.8, 4) is 11.3 Å². The van der Waals surface area contributed by atoms with Gasteiger partial charge in [-0.3, -0.25) is 9.69 Å². The molecule has 4 aromatic rings. The molecule has 1 aromatic heterocycles. The number of nitrogens with zero attached hydrogens (tertiary/aromatic N) is 1. The fraction of sp³-hybridized carbons (Fsp3) is 0.222. The number of methoxy groups -OCH3 is 1. The first-order chi connectivity index (χ1) is 15.2. The zero-order valence-electron chi connectivity index (χ0n) is 17.6. The molecule has 0 bridgehead atoms. The largest absolute Gasteiger partial charge is 0.469 e. The molecule has 5 rings (SSSR count). The van der Waals surface area contributed by atoms with Crippen LogP contribution in [0.5, 0.6) is 0 Å². The minimum absolute atomic E-state index is 0.00800. The predicted octanol–water partition coefficient (Wildman–Crippen LogP) is 5.30. The van der Waals surface area contributed by atoms with Crippen LogP contribution in [0.2, 0.25) is 0 Å². The first-order valence-corrected chi connectivity index (χ1v) is 10.6. The number of furan rings is 1. The molecule has 2 heterocycles. The summed E-state index contributed by atoms with van der Waals surface area (Å²) in [6, 6.07) is 27.5. The average Bonchev–Trinajstić information content (AvgIpc) is 3.20. The summed E-state index contributed by atoms with van der Waals surface area (Å²) >= 11 is 0. The van der Waals surface area contributed by atoms with Gasteiger partial charge in [0, 0.05) is 30.6 Å². The quantitative estimate of drug-likeness (QED) is 0.404. The molecule has 1 fully saturated rings. The molecule has 1 aliphatic heterocycles. The highest BCUT2D eigenvalue weighted by Gasteiger charge is 2.33. The van der Waals surface area contributed by atoms with Gasteiger partial charge in [0.2, 0.25) is 0 Å². The van der Waals surface area contributed by atoms with Gasteiger partial charge in [-0.15, -0.1) is 0 Å². The molecule has 0 unspecified atom stereocenters. The van der Waals surface area contributed by atoms with Crippen LogP contribution in [0.25, 0.3) is 22.3 Å². The highest BCUT2D eigenvalue weighted by atomic mass is 16.5. The molecule has 0 amide bonds. The molecule has 3 aromatic carbocycles. The van der Waals surface area contributed by atoms with Crippen molar-refractivity contribution in [3.63, 3.8) is 0 Å². The van der Waals surface area contributed by atoms with Crippen LogP contribution in [0.1, 0.15) is 16.7 Å². The van der Waals surface area contributed by atoms with E-state index in [2.05, 4.69) is 77.7 Å². The minimum atomic E-state index is -0.112. The van der Waals surface area contributed by atoms with Gasteiger partial charge in [-0.05, 0) is 47.4 Å². The van der Waals surface area contributed by atoms with Gasteiger partial charge in [-0.2, -0.15) is 0 Å². The van der Waals surface area contributed by atoms with Crippen LogP contribution in [0, 0.1) is 5.92 Å². The van der Waals surface area contributed by atoms with Crippen LogP contribution < -0.4 is 0 Å². The van der Waals surface area contributed by atoms with Crippen LogP contribution in [-0.4, -0.2) is 31.1 Å². The first kappa shape index (κ1) is 19.6. The number of hydrogen-bond donors (Lipinski definition) is 0. The summed E-state index contributed by atoms with van der Waals surface area (Å²) in [6.45, 7) is 2.33. The van der Waals surface area contributed by atoms with Crippen LogP contribution in [-0.2, 0) is 22.5 Å². The van der Waals surface area contributed by atoms with Gasteiger partial charge in [0.25, 0.3) is 0 Å². The Kier molecular flexibility index (Phi) is 5.31. The van der Waals surface area contributed by atoms with Crippen LogP contribution in [0.3, 0.4) is 0 Å². The number of esters is 1. The molecule has 4 heteroatoms. The molecule has 1 saturated heterocycles. The number of carbonyl (C=O) groups excluding carboxylic acids is 1. The normalized spacial score (nSPS) is 14.5. The van der Waals surface area contributed by atoms with E-state index in [0.29, 0.717) is 0 Å². The highest BCUT2D eigenvalue weighted by molar-refractivity contribution is 5.83. The number of carbonyl (C=O) groups is 1. The number of fused-ring (bicyclic) bond motifs is 1. The van der Waals surface area contributed by atoms with Gasteiger partial charge in [0.15, 0.2) is 0 Å². The van der Waals surface area contributed by atoms with Crippen molar-refractivity contribution in [1.29, 1.82) is 0 Å². The van der Waals surface area contributed by atoms with E-state index in [1.165, 1.54) is 23.8 Å². The molecule has 31 heavy (non-hydrogen) atoms. The van der Waals surface area contributed by atoms with Crippen molar-refractivity contribution in [1.82, 2.24) is 4.90 Å². The van der Waals surface area contributed by atoms with Crippen LogP contribution in [0.4, 0.5) is 0 Å². The third kappa shape index (κ3) is 4.25. The summed E-state index contributed by atoms with van der Waals surface area (Å²) in [6.07, 6.45) is 0.912. The molecular weight excluding hydrogens is 386 g/mol. The summed E-state index contributed by atoms with van der Waals surface area (Å²) in [5.74, 6) is 0.775. The van der Waals surface area contributed by atoms with Crippen molar-refractivity contribution in [2.75, 3.05) is 20.2 Å². The SMILES string of the molecule is COC(=O)C1CN(Cc2cccc(-c3cc4cc(Cc5ccccc5)ccc4o3)c2)C1. The van der Waals surface area contributed by atoms with E-state index in [4.69, 9.17) is 9.15 Å². The van der Waals surface area contributed by atoms with E-state index >= 15 is 0 Å². The molecule has 0 radical (unpaired) electrons. The van der Waals surface area contributed by atoms with Gasteiger partial charge in [-0.1, -0.05) is 54.6 Å². The Morgan fingerprint density at radius 1 is 0.935 bits per heavy atom. The Hall–Kier alpha value is -3.37. The summed E-state index contributed by atoms with van der Waals surface area (Å²) in [5, 5.41) is 1.12. The van der Waals surface area contributed by atoms with Crippen molar-refractivity contribution >= 4 is 16.9 Å². The number of hydrogen-bond acceptors (Lipinski definition) is 4. The second kappa shape index (κ2) is 8.40. The molecule has 4 nitrogen and oxygen atoms in total. The Labute approximate surface area is 182 Å². The molecule has 156 valence electrons. The minimum Gasteiger partial charge on any atom is -0.469 e. The summed E-state index contributed by atoms with van der Waals surface area (Å²) in [4.78, 5) is 13.8. The predicted molar refractivity (Wildman–Crippen MR) is 122 cm³/mol. The second-order valence-electron chi connectivity index (χ2n) is 8.26. The maximum Gasteiger partial charge on any atom is 0.311 e. The fourth-order valence-electron chi connectivity index (χ4n) is 4.27. The first-order valence-electron chi connectivity index (χ1n) is 10.6. The van der Waals surface area contributed by atoms with E-state index < -0.39 is 0 Å². The lowest BCUT2D eigenvalue weighted by molar-refractivity contribution is -0.151. The zero-order chi connectivity index (χ0) is 21.2. The smallest absolute Gasteiger partial charge is 0.311 e. The number of ether oxygens (including phenoxy) is 1. The van der Waals surface area contributed by atoms with E-state index in [1.54, 1.807) is 0 Å². The molecule has 0 spiro atoms. The molecule has 0 saturated carbocycles. The van der Waals surface area contributed by atoms with Crippen molar-refractivity contribution in [2.45, 2.75) is 13.0 Å². The molecule has 0 atom stereocenters. The molecular formula is C27H25NO3. The Morgan fingerprint density at radius 3 is 2.55 bits per heavy atom. The lowest BCUT2D eigenvalue weighted by Crippen LogP contribution is -2.49. The Balaban J connectivity index is 1.31. The number of rotatable bonds is 6. The third-order valence-electron chi connectivity index (χ3n) is 5.94. The Bertz CT molecular complexity index is 1210. The average molecular weight is 412 g/mol. The third-order valence-corrected chi connectivity index (χ3v) is 5.94. The maximum absolute atomic E-state index is 11.6. The van der Waals surface area contributed by atoms with E-state index in [-0.39, 0.29) is 11.9 Å². The van der Waals surface area contributed by atoms with Gasteiger partial charge in [-0.25, -0.2) is 0 Å². The lowest BCUT2D eigenvalue weighted by atomic mass is 9.99. The van der Waals surface area contributed by atoms with Gasteiger partial charge in [0.05, 0.1) is 13.0 Å². The molecule has 0 aliphatic carbocycles. The number of likely N-dealkylation sites (tertiary alicyclic amines) is 1. The summed E-state index contributed by atoms with van der Waals surface area (Å²) in [5.41, 5.74) is 5.77. The van der Waals surface area contributed by atoms with Gasteiger partial charge >= 0.3 is 5.97 Å². The topological polar surface area (TPSA) is 42.7 Å². The van der Waals surface area contributed by atoms with E-state index in [0.717, 1.165) is 48.3 Å². The van der Waals surface area contributed by atoms with Crippen LogP contribution in [0.15, 0.2) is 83.3 Å². The maximum atomic E-state index is 11.6. The van der Waals surface area contributed by atoms with Gasteiger partial charge < -0.3 is 9.15 Å². The second-order valence-corrected chi connectivity index (χ2v) is 8.26. The summed E-state index contributed by atoms with van der Waals surface area (Å²) < 4.78 is 11.0. The van der Waals surface area contributed by atoms with Crippen molar-refractivity contribution in [2.24, 2.45) is 5.92 Å². The van der Waals surface area contributed by atoms with E-state index in [9.17, 15) is 4.79 Å². The lowest BCUT2D eigenvalue weighted by Gasteiger charge is -2.37. The fourth-order valence-corrected chi connectivity index (χ4v) is 4.27. The van der Waals surface area contributed by atoms with Gasteiger partial charge in [0.1, 0.15) is 11.3 Å². The Morgan fingerprint density at radius 2 is 1.74 bits per heavy atom. The standard InChI is InChI=1S/C27H25NO3/c1-30-27(29)24-17-28(18-24)16-21-8-5-9-22(14-21)26-15-23-13-20(10-11-25(23)31-26)12-19-6-3-2-4-7-19/h2-11,13-15,24H,12,16-18H2,1H3. The van der Waals surface area contributed by atoms with Crippen LogP contribution >= 0.6 is 0 Å². The highest BCUT2D eigenvalue weighted by Crippen LogP contribution is 2.30. The molecule has 0 N–H and O–H groups in total. The van der Waals surface area contributed by atoms with Crippen molar-refractivity contribution in [3.05, 3.63) is 95.6 Å². The monoisotopic (exact) mass is 411 g/mol. The molecule has 1 aliphatic rings.